The van der Waals surface area contributed by atoms with Crippen molar-refractivity contribution < 1.29 is 23.5 Å². The lowest BCUT2D eigenvalue weighted by molar-refractivity contribution is -0.127. The Hall–Kier alpha value is -4.15. The molecule has 6 rings (SSSR count). The summed E-state index contributed by atoms with van der Waals surface area (Å²) in [6.07, 6.45) is 2.44. The second kappa shape index (κ2) is 10.9. The van der Waals surface area contributed by atoms with Crippen molar-refractivity contribution in [1.82, 2.24) is 20.2 Å². The van der Waals surface area contributed by atoms with Gasteiger partial charge in [0.2, 0.25) is 5.91 Å². The van der Waals surface area contributed by atoms with E-state index in [0.717, 1.165) is 30.0 Å². The molecular formula is C31H37FN6O4. The molecular weight excluding hydrogens is 539 g/mol. The van der Waals surface area contributed by atoms with Crippen LogP contribution in [0.25, 0.3) is 22.2 Å². The van der Waals surface area contributed by atoms with E-state index in [1.807, 2.05) is 39.0 Å². The number of piperazine rings is 1. The molecule has 3 saturated heterocycles. The van der Waals surface area contributed by atoms with Crippen LogP contribution in [0.2, 0.25) is 0 Å². The number of anilines is 2. The number of hydrogen-bond donors (Lipinski definition) is 1. The smallest absolute Gasteiger partial charge is 0.410 e. The van der Waals surface area contributed by atoms with E-state index < -0.39 is 11.4 Å². The van der Waals surface area contributed by atoms with Crippen molar-refractivity contribution in [2.45, 2.75) is 32.8 Å². The van der Waals surface area contributed by atoms with Crippen molar-refractivity contribution in [3.8, 4) is 17.0 Å². The van der Waals surface area contributed by atoms with Crippen LogP contribution in [-0.2, 0) is 9.53 Å². The molecule has 0 spiro atoms. The average Bonchev–Trinajstić information content (AvgIpc) is 3.41. The van der Waals surface area contributed by atoms with Gasteiger partial charge in [-0.2, -0.15) is 0 Å². The van der Waals surface area contributed by atoms with Gasteiger partial charge in [0.15, 0.2) is 11.6 Å². The summed E-state index contributed by atoms with van der Waals surface area (Å²) in [6.45, 7) is 10.0. The minimum atomic E-state index is -0.525. The van der Waals surface area contributed by atoms with Gasteiger partial charge < -0.3 is 29.5 Å². The lowest BCUT2D eigenvalue weighted by Crippen LogP contribution is -2.50. The predicted octanol–water partition coefficient (Wildman–Crippen LogP) is 4.07. The molecule has 10 nitrogen and oxygen atoms in total. The van der Waals surface area contributed by atoms with Crippen LogP contribution < -0.4 is 19.9 Å². The molecule has 1 N–H and O–H groups in total. The minimum Gasteiger partial charge on any atom is -0.494 e. The Morgan fingerprint density at radius 1 is 1.07 bits per heavy atom. The van der Waals surface area contributed by atoms with Crippen LogP contribution >= 0.6 is 0 Å². The van der Waals surface area contributed by atoms with E-state index >= 15 is 0 Å². The zero-order valence-electron chi connectivity index (χ0n) is 24.5. The van der Waals surface area contributed by atoms with Gasteiger partial charge in [-0.1, -0.05) is 0 Å². The first-order valence-corrected chi connectivity index (χ1v) is 14.5. The first kappa shape index (κ1) is 28.0. The summed E-state index contributed by atoms with van der Waals surface area (Å²) in [5, 5.41) is 3.66. The summed E-state index contributed by atoms with van der Waals surface area (Å²) in [5.74, 6) is 0.781. The number of rotatable bonds is 4. The molecule has 222 valence electrons. The number of hydrogen-bond acceptors (Lipinski definition) is 8. The third-order valence-corrected chi connectivity index (χ3v) is 8.29. The fourth-order valence-corrected chi connectivity index (χ4v) is 6.11. The van der Waals surface area contributed by atoms with Crippen molar-refractivity contribution in [1.29, 1.82) is 0 Å². The van der Waals surface area contributed by atoms with E-state index in [0.29, 0.717) is 55.9 Å². The highest BCUT2D eigenvalue weighted by Crippen LogP contribution is 2.39. The van der Waals surface area contributed by atoms with Crippen LogP contribution in [-0.4, -0.2) is 85.4 Å². The zero-order chi connectivity index (χ0) is 29.6. The van der Waals surface area contributed by atoms with E-state index in [4.69, 9.17) is 19.4 Å². The fraction of sp³-hybridized carbons (Fsp3) is 0.484. The molecule has 3 aromatic rings. The number of aromatic nitrogens is 2. The summed E-state index contributed by atoms with van der Waals surface area (Å²) in [6, 6.07) is 9.02. The van der Waals surface area contributed by atoms with Gasteiger partial charge >= 0.3 is 6.09 Å². The molecule has 0 aliphatic carbocycles. The second-order valence-electron chi connectivity index (χ2n) is 12.2. The van der Waals surface area contributed by atoms with Gasteiger partial charge in [0.25, 0.3) is 0 Å². The Kier molecular flexibility index (Phi) is 7.28. The second-order valence-corrected chi connectivity index (χ2v) is 12.2. The van der Waals surface area contributed by atoms with Crippen LogP contribution in [0, 0.1) is 17.7 Å². The van der Waals surface area contributed by atoms with Crippen molar-refractivity contribution in [2.75, 3.05) is 62.7 Å². The van der Waals surface area contributed by atoms with Gasteiger partial charge in [-0.05, 0) is 57.4 Å². The summed E-state index contributed by atoms with van der Waals surface area (Å²) >= 11 is 0. The number of nitrogens with zero attached hydrogens (tertiary/aromatic N) is 5. The van der Waals surface area contributed by atoms with Crippen molar-refractivity contribution >= 4 is 34.4 Å². The van der Waals surface area contributed by atoms with Crippen molar-refractivity contribution in [2.24, 2.45) is 11.8 Å². The standard InChI is InChI=1S/C31H37FN6O4/c1-31(2,3)42-30(40)37-11-9-36(10-12-37)28-6-5-19(16-34-28)24-14-26(21-13-23(32)27(41-4)15-25(21)35-24)38-17-20-7-8-33-29(39)22(20)18-38/h5-6,13-16,20,22H,7-12,17-18H2,1-4H3,(H,33,39). The molecule has 1 aromatic carbocycles. The van der Waals surface area contributed by atoms with Crippen molar-refractivity contribution in [3.05, 3.63) is 42.3 Å². The number of fused-ring (bicyclic) bond motifs is 2. The minimum absolute atomic E-state index is 0.0785. The highest BCUT2D eigenvalue weighted by atomic mass is 19.1. The normalized spacial score (nSPS) is 20.9. The lowest BCUT2D eigenvalue weighted by Gasteiger charge is -2.36. The first-order chi connectivity index (χ1) is 20.1. The van der Waals surface area contributed by atoms with Crippen LogP contribution in [0.15, 0.2) is 36.5 Å². The van der Waals surface area contributed by atoms with E-state index in [1.165, 1.54) is 13.2 Å². The van der Waals surface area contributed by atoms with E-state index in [9.17, 15) is 14.0 Å². The third kappa shape index (κ3) is 5.52. The number of carbonyl (C=O) groups is 2. The van der Waals surface area contributed by atoms with Gasteiger partial charge in [-0.3, -0.25) is 4.79 Å². The number of nitrogens with one attached hydrogen (secondary N) is 1. The number of amides is 2. The first-order valence-electron chi connectivity index (χ1n) is 14.5. The molecule has 2 aromatic heterocycles. The largest absolute Gasteiger partial charge is 0.494 e. The molecule has 11 heteroatoms. The number of benzene rings is 1. The molecule has 2 atom stereocenters. The Bertz CT molecular complexity index is 1500. The van der Waals surface area contributed by atoms with Gasteiger partial charge in [-0.25, -0.2) is 19.2 Å². The summed E-state index contributed by atoms with van der Waals surface area (Å²) < 4.78 is 25.6. The molecule has 0 saturated carbocycles. The highest BCUT2D eigenvalue weighted by Gasteiger charge is 2.40. The number of pyridine rings is 2. The molecule has 3 aliphatic heterocycles. The van der Waals surface area contributed by atoms with Gasteiger partial charge in [-0.15, -0.1) is 0 Å². The Balaban J connectivity index is 1.26. The number of ether oxygens (including phenoxy) is 2. The van der Waals surface area contributed by atoms with Crippen molar-refractivity contribution in [3.63, 3.8) is 0 Å². The van der Waals surface area contributed by atoms with E-state index in [-0.39, 0.29) is 29.6 Å². The molecule has 42 heavy (non-hydrogen) atoms. The van der Waals surface area contributed by atoms with Gasteiger partial charge in [0.05, 0.1) is 24.2 Å². The maximum Gasteiger partial charge on any atom is 0.410 e. The average molecular weight is 577 g/mol. The van der Waals surface area contributed by atoms with Crippen LogP contribution in [0.5, 0.6) is 5.75 Å². The van der Waals surface area contributed by atoms with Crippen LogP contribution in [0.3, 0.4) is 0 Å². The molecule has 3 fully saturated rings. The maximum atomic E-state index is 14.9. The summed E-state index contributed by atoms with van der Waals surface area (Å²) in [4.78, 5) is 40.6. The highest BCUT2D eigenvalue weighted by molar-refractivity contribution is 5.96. The predicted molar refractivity (Wildman–Crippen MR) is 158 cm³/mol. The SMILES string of the molecule is COc1cc2nc(-c3ccc(N4CCN(C(=O)OC(C)(C)C)CC4)nc3)cc(N3CC4CCNC(=O)C4C3)c2cc1F. The molecule has 3 aliphatic rings. The zero-order valence-corrected chi connectivity index (χ0v) is 24.5. The number of methoxy groups -OCH3 is 1. The van der Waals surface area contributed by atoms with Gasteiger partial charge in [0.1, 0.15) is 11.4 Å². The monoisotopic (exact) mass is 576 g/mol. The number of halogens is 1. The quantitative estimate of drug-likeness (QED) is 0.496. The van der Waals surface area contributed by atoms with E-state index in [2.05, 4.69) is 15.1 Å². The molecule has 2 amide bonds. The molecule has 2 unspecified atom stereocenters. The van der Waals surface area contributed by atoms with E-state index in [1.54, 1.807) is 17.2 Å². The molecule has 5 heterocycles. The number of carbonyl (C=O) groups excluding carboxylic acids is 2. The Morgan fingerprint density at radius 3 is 2.52 bits per heavy atom. The summed E-state index contributed by atoms with van der Waals surface area (Å²) in [5.41, 5.74) is 2.47. The lowest BCUT2D eigenvalue weighted by atomic mass is 9.89. The van der Waals surface area contributed by atoms with Gasteiger partial charge in [0, 0.05) is 74.7 Å². The maximum absolute atomic E-state index is 14.9. The fourth-order valence-electron chi connectivity index (χ4n) is 6.11. The topological polar surface area (TPSA) is 100 Å². The van der Waals surface area contributed by atoms with Crippen LogP contribution in [0.4, 0.5) is 20.7 Å². The molecule has 0 bridgehead atoms. The Morgan fingerprint density at radius 2 is 1.86 bits per heavy atom. The number of piperidine rings is 1. The molecule has 0 radical (unpaired) electrons. The summed E-state index contributed by atoms with van der Waals surface area (Å²) in [7, 11) is 1.44. The van der Waals surface area contributed by atoms with Crippen LogP contribution in [0.1, 0.15) is 27.2 Å². The third-order valence-electron chi connectivity index (χ3n) is 8.29. The Labute approximate surface area is 244 Å².